The number of hydrogen-bond acceptors (Lipinski definition) is 6. The maximum absolute atomic E-state index is 13.2. The molecule has 0 saturated carbocycles. The van der Waals surface area contributed by atoms with Gasteiger partial charge in [0.15, 0.2) is 11.5 Å². The van der Waals surface area contributed by atoms with Crippen LogP contribution in [0.4, 0.5) is 4.79 Å². The number of urea groups is 1. The normalized spacial score (nSPS) is 15.6. The molecule has 1 atom stereocenters. The highest BCUT2D eigenvalue weighted by Crippen LogP contribution is 2.37. The van der Waals surface area contributed by atoms with Crippen molar-refractivity contribution in [3.8, 4) is 17.2 Å². The Balaban J connectivity index is 2.13. The van der Waals surface area contributed by atoms with Crippen LogP contribution in [0.5, 0.6) is 17.2 Å². The highest BCUT2D eigenvalue weighted by atomic mass is 16.5. The van der Waals surface area contributed by atoms with Gasteiger partial charge in [-0.3, -0.25) is 0 Å². The van der Waals surface area contributed by atoms with Crippen LogP contribution in [0.3, 0.4) is 0 Å². The lowest BCUT2D eigenvalue weighted by Crippen LogP contribution is -2.45. The van der Waals surface area contributed by atoms with Gasteiger partial charge in [0, 0.05) is 0 Å². The monoisotopic (exact) mass is 454 g/mol. The van der Waals surface area contributed by atoms with E-state index in [1.54, 1.807) is 70.5 Å². The van der Waals surface area contributed by atoms with Crippen LogP contribution in [0.15, 0.2) is 48.0 Å². The standard InChI is InChI=1S/C25H30N2O6/c1-6-13-32-19-12-9-17(14-20(19)31-5)23-21(24(28)33-15(2)3)22(26-25(29)27-23)16-7-10-18(30-4)11-8-16/h7-12,14-15,23H,6,13H2,1-5H3,(H2,26,27,29). The fourth-order valence-corrected chi connectivity index (χ4v) is 3.49. The quantitative estimate of drug-likeness (QED) is 0.551. The van der Waals surface area contributed by atoms with Crippen molar-refractivity contribution in [2.75, 3.05) is 20.8 Å². The molecule has 1 aliphatic heterocycles. The van der Waals surface area contributed by atoms with E-state index in [1.165, 1.54) is 0 Å². The van der Waals surface area contributed by atoms with Gasteiger partial charge in [-0.15, -0.1) is 0 Å². The third kappa shape index (κ3) is 5.58. The van der Waals surface area contributed by atoms with Crippen LogP contribution in [0.25, 0.3) is 5.70 Å². The molecule has 1 heterocycles. The molecule has 8 heteroatoms. The van der Waals surface area contributed by atoms with Crippen molar-refractivity contribution in [1.82, 2.24) is 10.6 Å². The van der Waals surface area contributed by atoms with Crippen molar-refractivity contribution >= 4 is 17.7 Å². The van der Waals surface area contributed by atoms with E-state index in [0.29, 0.717) is 40.7 Å². The van der Waals surface area contributed by atoms with Crippen molar-refractivity contribution in [2.24, 2.45) is 0 Å². The summed E-state index contributed by atoms with van der Waals surface area (Å²) >= 11 is 0. The topological polar surface area (TPSA) is 95.1 Å². The Hall–Kier alpha value is -3.68. The van der Waals surface area contributed by atoms with Crippen molar-refractivity contribution in [3.63, 3.8) is 0 Å². The highest BCUT2D eigenvalue weighted by molar-refractivity contribution is 6.04. The largest absolute Gasteiger partial charge is 0.497 e. The molecule has 8 nitrogen and oxygen atoms in total. The van der Waals surface area contributed by atoms with Gasteiger partial charge in [-0.25, -0.2) is 9.59 Å². The molecule has 1 aliphatic rings. The maximum Gasteiger partial charge on any atom is 0.338 e. The van der Waals surface area contributed by atoms with Gasteiger partial charge in [-0.2, -0.15) is 0 Å². The lowest BCUT2D eigenvalue weighted by atomic mass is 9.92. The van der Waals surface area contributed by atoms with Gasteiger partial charge in [-0.05, 0) is 67.8 Å². The highest BCUT2D eigenvalue weighted by Gasteiger charge is 2.35. The molecule has 0 saturated heterocycles. The summed E-state index contributed by atoms with van der Waals surface area (Å²) in [5.74, 6) is 1.23. The molecule has 3 rings (SSSR count). The molecule has 0 aliphatic carbocycles. The lowest BCUT2D eigenvalue weighted by molar-refractivity contribution is -0.143. The van der Waals surface area contributed by atoms with E-state index in [9.17, 15) is 9.59 Å². The third-order valence-corrected chi connectivity index (χ3v) is 5.00. The summed E-state index contributed by atoms with van der Waals surface area (Å²) in [6.07, 6.45) is 0.522. The van der Waals surface area contributed by atoms with Gasteiger partial charge in [0.05, 0.1) is 44.2 Å². The molecule has 0 radical (unpaired) electrons. The van der Waals surface area contributed by atoms with Crippen LogP contribution in [-0.4, -0.2) is 38.9 Å². The summed E-state index contributed by atoms with van der Waals surface area (Å²) in [5, 5.41) is 5.62. The van der Waals surface area contributed by atoms with Crippen molar-refractivity contribution < 1.29 is 28.5 Å². The SMILES string of the molecule is CCCOc1ccc(C2NC(=O)NC(c3ccc(OC)cc3)=C2C(=O)OC(C)C)cc1OC. The Bertz CT molecular complexity index is 1030. The molecule has 2 amide bonds. The molecule has 0 fully saturated rings. The minimum absolute atomic E-state index is 0.290. The third-order valence-electron chi connectivity index (χ3n) is 5.00. The second kappa shape index (κ2) is 10.8. The molecule has 0 spiro atoms. The molecule has 0 bridgehead atoms. The average Bonchev–Trinajstić information content (AvgIpc) is 2.81. The number of methoxy groups -OCH3 is 2. The number of amides is 2. The zero-order chi connectivity index (χ0) is 24.0. The minimum Gasteiger partial charge on any atom is -0.497 e. The number of carbonyl (C=O) groups excluding carboxylic acids is 2. The Morgan fingerprint density at radius 3 is 2.36 bits per heavy atom. The fraction of sp³-hybridized carbons (Fsp3) is 0.360. The lowest BCUT2D eigenvalue weighted by Gasteiger charge is -2.30. The molecule has 2 aromatic carbocycles. The number of hydrogen-bond donors (Lipinski definition) is 2. The number of nitrogens with one attached hydrogen (secondary N) is 2. The molecule has 33 heavy (non-hydrogen) atoms. The van der Waals surface area contributed by atoms with Crippen LogP contribution in [-0.2, 0) is 9.53 Å². The maximum atomic E-state index is 13.2. The minimum atomic E-state index is -0.753. The second-order valence-electron chi connectivity index (χ2n) is 7.76. The summed E-state index contributed by atoms with van der Waals surface area (Å²) in [7, 11) is 3.12. The van der Waals surface area contributed by atoms with Crippen molar-refractivity contribution in [2.45, 2.75) is 39.3 Å². The first-order valence-corrected chi connectivity index (χ1v) is 10.9. The first-order chi connectivity index (χ1) is 15.9. The zero-order valence-electron chi connectivity index (χ0n) is 19.6. The van der Waals surface area contributed by atoms with Crippen LogP contribution in [0.2, 0.25) is 0 Å². The smallest absolute Gasteiger partial charge is 0.338 e. The van der Waals surface area contributed by atoms with E-state index >= 15 is 0 Å². The van der Waals surface area contributed by atoms with E-state index in [1.807, 2.05) is 6.92 Å². The molecule has 2 N–H and O–H groups in total. The average molecular weight is 455 g/mol. The van der Waals surface area contributed by atoms with E-state index in [-0.39, 0.29) is 11.7 Å². The summed E-state index contributed by atoms with van der Waals surface area (Å²) in [4.78, 5) is 25.8. The predicted octanol–water partition coefficient (Wildman–Crippen LogP) is 4.21. The summed E-state index contributed by atoms with van der Waals surface area (Å²) in [5.41, 5.74) is 1.98. The van der Waals surface area contributed by atoms with Gasteiger partial charge < -0.3 is 29.6 Å². The number of benzene rings is 2. The van der Waals surface area contributed by atoms with E-state index in [0.717, 1.165) is 6.42 Å². The molecule has 2 aromatic rings. The Morgan fingerprint density at radius 2 is 1.76 bits per heavy atom. The molecule has 1 unspecified atom stereocenters. The van der Waals surface area contributed by atoms with Gasteiger partial charge in [0.2, 0.25) is 0 Å². The van der Waals surface area contributed by atoms with Gasteiger partial charge in [0.25, 0.3) is 0 Å². The molecular weight excluding hydrogens is 424 g/mol. The molecule has 176 valence electrons. The summed E-state index contributed by atoms with van der Waals surface area (Å²) in [6, 6.07) is 11.2. The van der Waals surface area contributed by atoms with Crippen molar-refractivity contribution in [1.29, 1.82) is 0 Å². The molecular formula is C25H30N2O6. The van der Waals surface area contributed by atoms with E-state index < -0.39 is 18.0 Å². The first kappa shape index (κ1) is 24.0. The summed E-state index contributed by atoms with van der Waals surface area (Å²) in [6.45, 7) is 6.12. The predicted molar refractivity (Wildman–Crippen MR) is 124 cm³/mol. The van der Waals surface area contributed by atoms with E-state index in [4.69, 9.17) is 18.9 Å². The number of esters is 1. The van der Waals surface area contributed by atoms with Gasteiger partial charge in [-0.1, -0.05) is 13.0 Å². The van der Waals surface area contributed by atoms with E-state index in [2.05, 4.69) is 10.6 Å². The van der Waals surface area contributed by atoms with Crippen molar-refractivity contribution in [3.05, 3.63) is 59.2 Å². The fourth-order valence-electron chi connectivity index (χ4n) is 3.49. The molecule has 0 aromatic heterocycles. The number of rotatable bonds is 9. The number of ether oxygens (including phenoxy) is 4. The Morgan fingerprint density at radius 1 is 1.03 bits per heavy atom. The van der Waals surface area contributed by atoms with Crippen LogP contribution in [0.1, 0.15) is 44.4 Å². The van der Waals surface area contributed by atoms with Gasteiger partial charge >= 0.3 is 12.0 Å². The van der Waals surface area contributed by atoms with Crippen LogP contribution >= 0.6 is 0 Å². The zero-order valence-corrected chi connectivity index (χ0v) is 19.6. The number of carbonyl (C=O) groups is 2. The van der Waals surface area contributed by atoms with Crippen LogP contribution < -0.4 is 24.8 Å². The van der Waals surface area contributed by atoms with Gasteiger partial charge in [0.1, 0.15) is 5.75 Å². The van der Waals surface area contributed by atoms with Crippen LogP contribution in [0, 0.1) is 0 Å². The Kier molecular flexibility index (Phi) is 7.82. The second-order valence-corrected chi connectivity index (χ2v) is 7.76. The Labute approximate surface area is 193 Å². The summed E-state index contributed by atoms with van der Waals surface area (Å²) < 4.78 is 22.0. The first-order valence-electron chi connectivity index (χ1n) is 10.9.